The largest absolute Gasteiger partial charge is 0.481 e. The molecule has 7 atom stereocenters. The highest BCUT2D eigenvalue weighted by Crippen LogP contribution is 2.26. The molecule has 278 valence electrons. The van der Waals surface area contributed by atoms with Crippen LogP contribution in [0.2, 0.25) is 0 Å². The third-order valence-corrected chi connectivity index (χ3v) is 8.74. The fourth-order valence-electron chi connectivity index (χ4n) is 6.16. The van der Waals surface area contributed by atoms with Crippen LogP contribution >= 0.6 is 0 Å². The lowest BCUT2D eigenvalue weighted by atomic mass is 9.83. The summed E-state index contributed by atoms with van der Waals surface area (Å²) in [6.07, 6.45) is -2.01. The first-order valence-corrected chi connectivity index (χ1v) is 17.8. The number of carbonyl (C=O) groups is 6. The first-order valence-electron chi connectivity index (χ1n) is 17.8. The number of carboxylic acid groups (broad SMARTS) is 1. The van der Waals surface area contributed by atoms with Gasteiger partial charge in [0.15, 0.2) is 11.6 Å². The molecule has 0 rings (SSSR count). The molecule has 48 heavy (non-hydrogen) atoms. The van der Waals surface area contributed by atoms with Crippen LogP contribution in [0.5, 0.6) is 0 Å². The molecule has 0 radical (unpaired) electrons. The zero-order chi connectivity index (χ0) is 37.5. The summed E-state index contributed by atoms with van der Waals surface area (Å²) < 4.78 is 0. The molecule has 0 heterocycles. The van der Waals surface area contributed by atoms with Crippen molar-refractivity contribution in [3.05, 3.63) is 0 Å². The third kappa shape index (κ3) is 18.2. The van der Waals surface area contributed by atoms with Gasteiger partial charge in [0.05, 0.1) is 37.1 Å². The van der Waals surface area contributed by atoms with Gasteiger partial charge in [-0.05, 0) is 61.2 Å². The molecule has 0 aromatic heterocycles. The van der Waals surface area contributed by atoms with E-state index in [-0.39, 0.29) is 78.5 Å². The molecule has 0 spiro atoms. The molecular formula is C37H66N2O9. The lowest BCUT2D eigenvalue weighted by molar-refractivity contribution is -0.140. The molecule has 0 aromatic rings. The van der Waals surface area contributed by atoms with Crippen LogP contribution in [-0.4, -0.2) is 74.7 Å². The van der Waals surface area contributed by atoms with Crippen LogP contribution < -0.4 is 10.6 Å². The van der Waals surface area contributed by atoms with E-state index < -0.39 is 60.3 Å². The van der Waals surface area contributed by atoms with Gasteiger partial charge in [-0.3, -0.25) is 28.8 Å². The highest BCUT2D eigenvalue weighted by molar-refractivity contribution is 5.92. The van der Waals surface area contributed by atoms with Crippen molar-refractivity contribution < 1.29 is 44.1 Å². The van der Waals surface area contributed by atoms with E-state index >= 15 is 0 Å². The molecule has 0 fully saturated rings. The van der Waals surface area contributed by atoms with E-state index in [2.05, 4.69) is 10.6 Å². The Balaban J connectivity index is 5.60. The number of aliphatic hydroxyl groups is 2. The molecule has 11 heteroatoms. The van der Waals surface area contributed by atoms with Crippen molar-refractivity contribution in [2.45, 2.75) is 152 Å². The summed E-state index contributed by atoms with van der Waals surface area (Å²) in [5, 5.41) is 36.1. The molecule has 0 unspecified atom stereocenters. The molecule has 5 N–H and O–H groups in total. The molecule has 0 saturated carbocycles. The molecule has 0 aliphatic heterocycles. The number of amides is 2. The van der Waals surface area contributed by atoms with Crippen molar-refractivity contribution >= 4 is 35.1 Å². The van der Waals surface area contributed by atoms with Crippen LogP contribution in [0.25, 0.3) is 0 Å². The number of carboxylic acids is 1. The van der Waals surface area contributed by atoms with E-state index in [1.165, 1.54) is 6.92 Å². The van der Waals surface area contributed by atoms with Gasteiger partial charge in [-0.15, -0.1) is 0 Å². The fraction of sp³-hybridized carbons (Fsp3) is 0.838. The quantitative estimate of drug-likeness (QED) is 0.0907. The van der Waals surface area contributed by atoms with Crippen LogP contribution in [0, 0.1) is 47.3 Å². The maximum Gasteiger partial charge on any atom is 0.305 e. The van der Waals surface area contributed by atoms with Gasteiger partial charge in [0.2, 0.25) is 11.8 Å². The summed E-state index contributed by atoms with van der Waals surface area (Å²) in [5.41, 5.74) is 0. The maximum atomic E-state index is 13.6. The van der Waals surface area contributed by atoms with Crippen molar-refractivity contribution in [2.24, 2.45) is 47.3 Å². The highest BCUT2D eigenvalue weighted by atomic mass is 16.4. The van der Waals surface area contributed by atoms with Crippen molar-refractivity contribution in [3.63, 3.8) is 0 Å². The number of aliphatic carboxylic acids is 1. The second-order valence-electron chi connectivity index (χ2n) is 15.8. The van der Waals surface area contributed by atoms with Crippen LogP contribution in [0.15, 0.2) is 0 Å². The monoisotopic (exact) mass is 682 g/mol. The van der Waals surface area contributed by atoms with Gasteiger partial charge in [-0.25, -0.2) is 0 Å². The molecule has 0 bridgehead atoms. The van der Waals surface area contributed by atoms with E-state index in [1.54, 1.807) is 0 Å². The van der Waals surface area contributed by atoms with E-state index in [0.717, 1.165) is 0 Å². The van der Waals surface area contributed by atoms with Gasteiger partial charge in [0.1, 0.15) is 5.78 Å². The normalized spacial score (nSPS) is 16.4. The Morgan fingerprint density at radius 2 is 1.02 bits per heavy atom. The van der Waals surface area contributed by atoms with E-state index in [0.29, 0.717) is 19.3 Å². The predicted octanol–water partition coefficient (Wildman–Crippen LogP) is 4.74. The number of hydrogen-bond donors (Lipinski definition) is 5. The van der Waals surface area contributed by atoms with Crippen molar-refractivity contribution in [1.82, 2.24) is 10.6 Å². The molecule has 0 aliphatic carbocycles. The fourth-order valence-corrected chi connectivity index (χ4v) is 6.16. The minimum atomic E-state index is -1.20. The van der Waals surface area contributed by atoms with Crippen molar-refractivity contribution in [2.75, 3.05) is 0 Å². The van der Waals surface area contributed by atoms with E-state index in [1.807, 2.05) is 69.2 Å². The number of Topliss-reactive ketones (excluding diaryl/α,β-unsaturated/α-hetero) is 3. The van der Waals surface area contributed by atoms with Crippen LogP contribution in [-0.2, 0) is 28.8 Å². The standard InChI is InChI=1S/C37H66N2O9/c1-20(2)12-26(32(43)19-35(46)47)15-30(41)25(11)38-34(45)18-31(42)27(13-21(3)4)16-33(44)36(24(9)10)39-37(48)29(23(7)8)17-28(40)14-22(5)6/h20-27,29,31-32,36,42-43H,12-19H2,1-11H3,(H,38,45)(H,39,48)(H,46,47)/t25-,26+,27+,29-,31-,32-,36-/m0/s1. The second kappa shape index (κ2) is 22.1. The molecule has 0 saturated heterocycles. The van der Waals surface area contributed by atoms with Gasteiger partial charge in [-0.1, -0.05) is 69.2 Å². The Bertz CT molecular complexity index is 1050. The molecular weight excluding hydrogens is 616 g/mol. The van der Waals surface area contributed by atoms with Gasteiger partial charge in [0, 0.05) is 31.6 Å². The Hall–Kier alpha value is -2.66. The van der Waals surface area contributed by atoms with Gasteiger partial charge >= 0.3 is 5.97 Å². The summed E-state index contributed by atoms with van der Waals surface area (Å²) in [5.74, 6) is -4.39. The minimum absolute atomic E-state index is 0.00633. The number of aliphatic hydroxyl groups excluding tert-OH is 2. The number of rotatable bonds is 25. The average molecular weight is 683 g/mol. The first-order chi connectivity index (χ1) is 22.0. The summed E-state index contributed by atoms with van der Waals surface area (Å²) in [7, 11) is 0. The Labute approximate surface area is 288 Å². The number of hydrogen-bond acceptors (Lipinski definition) is 8. The molecule has 11 nitrogen and oxygen atoms in total. The van der Waals surface area contributed by atoms with E-state index in [9.17, 15) is 39.0 Å². The lowest BCUT2D eigenvalue weighted by Crippen LogP contribution is -2.49. The van der Waals surface area contributed by atoms with Gasteiger partial charge < -0.3 is 26.0 Å². The Morgan fingerprint density at radius 1 is 0.542 bits per heavy atom. The summed E-state index contributed by atoms with van der Waals surface area (Å²) in [6.45, 7) is 20.5. The summed E-state index contributed by atoms with van der Waals surface area (Å²) in [4.78, 5) is 76.5. The van der Waals surface area contributed by atoms with Crippen molar-refractivity contribution in [3.8, 4) is 0 Å². The van der Waals surface area contributed by atoms with Gasteiger partial charge in [0.25, 0.3) is 0 Å². The summed E-state index contributed by atoms with van der Waals surface area (Å²) >= 11 is 0. The van der Waals surface area contributed by atoms with Gasteiger partial charge in [-0.2, -0.15) is 0 Å². The molecule has 2 amide bonds. The van der Waals surface area contributed by atoms with Crippen LogP contribution in [0.3, 0.4) is 0 Å². The molecule has 0 aliphatic rings. The predicted molar refractivity (Wildman–Crippen MR) is 186 cm³/mol. The molecule has 0 aromatic carbocycles. The average Bonchev–Trinajstić information content (AvgIpc) is 2.91. The van der Waals surface area contributed by atoms with Crippen LogP contribution in [0.1, 0.15) is 128 Å². The maximum absolute atomic E-state index is 13.6. The van der Waals surface area contributed by atoms with Crippen molar-refractivity contribution in [1.29, 1.82) is 0 Å². The summed E-state index contributed by atoms with van der Waals surface area (Å²) in [6, 6.07) is -1.76. The zero-order valence-corrected chi connectivity index (χ0v) is 31.4. The Kier molecular flexibility index (Phi) is 20.9. The van der Waals surface area contributed by atoms with Crippen LogP contribution in [0.4, 0.5) is 0 Å². The third-order valence-electron chi connectivity index (χ3n) is 8.74. The highest BCUT2D eigenvalue weighted by Gasteiger charge is 2.34. The first kappa shape index (κ1) is 45.3. The number of nitrogens with one attached hydrogen (secondary N) is 2. The number of ketones is 3. The lowest BCUT2D eigenvalue weighted by Gasteiger charge is -2.29. The second-order valence-corrected chi connectivity index (χ2v) is 15.8. The Morgan fingerprint density at radius 3 is 1.44 bits per heavy atom. The zero-order valence-electron chi connectivity index (χ0n) is 31.4. The smallest absolute Gasteiger partial charge is 0.305 e. The van der Waals surface area contributed by atoms with E-state index in [4.69, 9.17) is 5.11 Å². The topological polar surface area (TPSA) is 187 Å². The minimum Gasteiger partial charge on any atom is -0.481 e. The number of carbonyl (C=O) groups excluding carboxylic acids is 5. The SMILES string of the molecule is CC(C)CC(=O)C[C@H](C(=O)N[C@H](C(=O)C[C@@H](CC(C)C)[C@@H](O)CC(=O)N[C@@H](C)C(=O)C[C@@H](CC(C)C)[C@@H](O)CC(=O)O)C(C)C)C(C)C.